The van der Waals surface area contributed by atoms with Gasteiger partial charge in [0.05, 0.1) is 0 Å². The van der Waals surface area contributed by atoms with Crippen molar-refractivity contribution in [3.05, 3.63) is 11.7 Å². The highest BCUT2D eigenvalue weighted by atomic mass is 16.5. The van der Waals surface area contributed by atoms with Crippen LogP contribution in [0, 0.1) is 0 Å². The number of carbonyl (C=O) groups excluding carboxylic acids is 1. The summed E-state index contributed by atoms with van der Waals surface area (Å²) in [4.78, 5) is 15.1. The minimum atomic E-state index is -0.433. The molecule has 0 spiro atoms. The fourth-order valence-electron chi connectivity index (χ4n) is 2.02. The van der Waals surface area contributed by atoms with Crippen molar-refractivity contribution in [2.75, 3.05) is 7.11 Å². The average molecular weight is 210 g/mol. The average Bonchev–Trinajstić information content (AvgIpc) is 2.87. The molecule has 1 aliphatic carbocycles. The van der Waals surface area contributed by atoms with Gasteiger partial charge in [0.2, 0.25) is 11.6 Å². The molecule has 0 N–H and O–H groups in total. The molecule has 0 saturated heterocycles. The Kier molecular flexibility index (Phi) is 2.56. The first-order chi connectivity index (χ1) is 7.18. The number of Topliss-reactive ketones (excluding diaryl/α,β-unsaturated/α-hetero) is 1. The second kappa shape index (κ2) is 3.73. The number of ketones is 1. The van der Waals surface area contributed by atoms with E-state index in [-0.39, 0.29) is 11.7 Å². The molecule has 0 radical (unpaired) electrons. The van der Waals surface area contributed by atoms with Gasteiger partial charge in [0.15, 0.2) is 0 Å². The van der Waals surface area contributed by atoms with Crippen LogP contribution >= 0.6 is 0 Å². The molecule has 0 bridgehead atoms. The minimum Gasteiger partial charge on any atom is -0.370 e. The number of hydrogen-bond acceptors (Lipinski definition) is 5. The molecular formula is C10H14N2O3. The number of carbonyl (C=O) groups is 1. The van der Waals surface area contributed by atoms with Gasteiger partial charge < -0.3 is 9.26 Å². The summed E-state index contributed by atoms with van der Waals surface area (Å²) >= 11 is 0. The monoisotopic (exact) mass is 210 g/mol. The maximum absolute atomic E-state index is 11.0. The van der Waals surface area contributed by atoms with Crippen molar-refractivity contribution in [3.63, 3.8) is 0 Å². The normalized spacial score (nSPS) is 19.3. The van der Waals surface area contributed by atoms with E-state index in [4.69, 9.17) is 9.26 Å². The van der Waals surface area contributed by atoms with Crippen molar-refractivity contribution in [1.29, 1.82) is 0 Å². The van der Waals surface area contributed by atoms with Crippen LogP contribution in [-0.2, 0) is 10.3 Å². The SMILES string of the molecule is COC1(c2noc(C(C)=O)n2)CCCC1. The quantitative estimate of drug-likeness (QED) is 0.710. The lowest BCUT2D eigenvalue weighted by Gasteiger charge is -2.22. The molecule has 5 nitrogen and oxygen atoms in total. The molecule has 1 aliphatic rings. The molecule has 1 aromatic rings. The third kappa shape index (κ3) is 1.67. The fraction of sp³-hybridized carbons (Fsp3) is 0.700. The topological polar surface area (TPSA) is 65.2 Å². The van der Waals surface area contributed by atoms with Gasteiger partial charge >= 0.3 is 0 Å². The fourth-order valence-corrected chi connectivity index (χ4v) is 2.02. The van der Waals surface area contributed by atoms with Crippen LogP contribution in [0.4, 0.5) is 0 Å². The van der Waals surface area contributed by atoms with E-state index >= 15 is 0 Å². The third-order valence-electron chi connectivity index (χ3n) is 2.94. The van der Waals surface area contributed by atoms with E-state index in [0.29, 0.717) is 5.82 Å². The van der Waals surface area contributed by atoms with Crippen molar-refractivity contribution in [2.24, 2.45) is 0 Å². The molecule has 1 aromatic heterocycles. The zero-order valence-corrected chi connectivity index (χ0v) is 8.95. The molecule has 82 valence electrons. The molecule has 0 aromatic carbocycles. The molecule has 0 atom stereocenters. The zero-order chi connectivity index (χ0) is 10.9. The van der Waals surface area contributed by atoms with Gasteiger partial charge in [-0.25, -0.2) is 0 Å². The molecule has 15 heavy (non-hydrogen) atoms. The number of rotatable bonds is 3. The van der Waals surface area contributed by atoms with Crippen molar-refractivity contribution in [3.8, 4) is 0 Å². The van der Waals surface area contributed by atoms with Gasteiger partial charge in [0.25, 0.3) is 5.89 Å². The Labute approximate surface area is 87.8 Å². The molecular weight excluding hydrogens is 196 g/mol. The Hall–Kier alpha value is -1.23. The molecule has 0 aliphatic heterocycles. The van der Waals surface area contributed by atoms with E-state index < -0.39 is 5.60 Å². The molecule has 2 rings (SSSR count). The lowest BCUT2D eigenvalue weighted by molar-refractivity contribution is -0.0178. The minimum absolute atomic E-state index is 0.0633. The number of methoxy groups -OCH3 is 1. The van der Waals surface area contributed by atoms with Crippen LogP contribution in [0.2, 0.25) is 0 Å². The summed E-state index contributed by atoms with van der Waals surface area (Å²) in [5.41, 5.74) is -0.433. The molecule has 0 unspecified atom stereocenters. The van der Waals surface area contributed by atoms with Crippen LogP contribution in [0.1, 0.15) is 49.1 Å². The Morgan fingerprint density at radius 2 is 2.13 bits per heavy atom. The Balaban J connectivity index is 2.30. The summed E-state index contributed by atoms with van der Waals surface area (Å²) in [7, 11) is 1.65. The van der Waals surface area contributed by atoms with Gasteiger partial charge in [-0.15, -0.1) is 0 Å². The van der Waals surface area contributed by atoms with Crippen LogP contribution in [0.3, 0.4) is 0 Å². The van der Waals surface area contributed by atoms with E-state index in [2.05, 4.69) is 10.1 Å². The van der Waals surface area contributed by atoms with E-state index in [1.165, 1.54) is 6.92 Å². The maximum atomic E-state index is 11.0. The number of aromatic nitrogens is 2. The van der Waals surface area contributed by atoms with Crippen molar-refractivity contribution < 1.29 is 14.1 Å². The van der Waals surface area contributed by atoms with Crippen LogP contribution < -0.4 is 0 Å². The Bertz CT molecular complexity index is 366. The number of ether oxygens (including phenoxy) is 1. The van der Waals surface area contributed by atoms with Gasteiger partial charge in [-0.3, -0.25) is 4.79 Å². The first-order valence-corrected chi connectivity index (χ1v) is 5.08. The number of hydrogen-bond donors (Lipinski definition) is 0. The first kappa shape index (κ1) is 10.3. The van der Waals surface area contributed by atoms with Gasteiger partial charge in [0, 0.05) is 14.0 Å². The Morgan fingerprint density at radius 3 is 2.60 bits per heavy atom. The number of nitrogens with zero attached hydrogens (tertiary/aromatic N) is 2. The predicted molar refractivity (Wildman–Crippen MR) is 51.5 cm³/mol. The maximum Gasteiger partial charge on any atom is 0.293 e. The summed E-state index contributed by atoms with van der Waals surface area (Å²) < 4.78 is 10.4. The highest BCUT2D eigenvalue weighted by Gasteiger charge is 2.40. The lowest BCUT2D eigenvalue weighted by atomic mass is 10.0. The van der Waals surface area contributed by atoms with Crippen LogP contribution in [0.5, 0.6) is 0 Å². The summed E-state index contributed by atoms with van der Waals surface area (Å²) in [6.45, 7) is 1.41. The van der Waals surface area contributed by atoms with Crippen LogP contribution in [0.25, 0.3) is 0 Å². The highest BCUT2D eigenvalue weighted by Crippen LogP contribution is 2.39. The van der Waals surface area contributed by atoms with Crippen molar-refractivity contribution in [1.82, 2.24) is 10.1 Å². The van der Waals surface area contributed by atoms with E-state index in [1.807, 2.05) is 0 Å². The van der Waals surface area contributed by atoms with E-state index in [9.17, 15) is 4.79 Å². The smallest absolute Gasteiger partial charge is 0.293 e. The summed E-state index contributed by atoms with van der Waals surface area (Å²) in [6.07, 6.45) is 3.97. The molecule has 5 heteroatoms. The molecule has 1 saturated carbocycles. The van der Waals surface area contributed by atoms with Crippen molar-refractivity contribution >= 4 is 5.78 Å². The predicted octanol–water partition coefficient (Wildman–Crippen LogP) is 1.69. The first-order valence-electron chi connectivity index (χ1n) is 5.08. The zero-order valence-electron chi connectivity index (χ0n) is 8.95. The molecule has 1 fully saturated rings. The summed E-state index contributed by atoms with van der Waals surface area (Å²) in [5.74, 6) is 0.360. The second-order valence-electron chi connectivity index (χ2n) is 3.88. The third-order valence-corrected chi connectivity index (χ3v) is 2.94. The van der Waals surface area contributed by atoms with Gasteiger partial charge in [0.1, 0.15) is 5.60 Å². The largest absolute Gasteiger partial charge is 0.370 e. The van der Waals surface area contributed by atoms with Crippen molar-refractivity contribution in [2.45, 2.75) is 38.2 Å². The van der Waals surface area contributed by atoms with Gasteiger partial charge in [-0.1, -0.05) is 5.16 Å². The van der Waals surface area contributed by atoms with Gasteiger partial charge in [-0.2, -0.15) is 4.98 Å². The van der Waals surface area contributed by atoms with E-state index in [0.717, 1.165) is 25.7 Å². The standard InChI is InChI=1S/C10H14N2O3/c1-7(13)8-11-9(12-15-8)10(14-2)5-3-4-6-10/h3-6H2,1-2H3. The molecule has 1 heterocycles. The Morgan fingerprint density at radius 1 is 1.47 bits per heavy atom. The van der Waals surface area contributed by atoms with Gasteiger partial charge in [-0.05, 0) is 25.7 Å². The summed E-state index contributed by atoms with van der Waals surface area (Å²) in [5, 5.41) is 3.83. The van der Waals surface area contributed by atoms with E-state index in [1.54, 1.807) is 7.11 Å². The summed E-state index contributed by atoms with van der Waals surface area (Å²) in [6, 6.07) is 0. The van der Waals surface area contributed by atoms with Crippen LogP contribution in [0.15, 0.2) is 4.52 Å². The molecule has 0 amide bonds. The lowest BCUT2D eigenvalue weighted by Crippen LogP contribution is -2.26. The highest BCUT2D eigenvalue weighted by molar-refractivity contribution is 5.89. The van der Waals surface area contributed by atoms with Crippen LogP contribution in [-0.4, -0.2) is 23.0 Å². The second-order valence-corrected chi connectivity index (χ2v) is 3.88.